The fourth-order valence-electron chi connectivity index (χ4n) is 9.68. The largest absolute Gasteiger partial charge is 0.399 e. The van der Waals surface area contributed by atoms with Crippen LogP contribution in [0.3, 0.4) is 0 Å². The molecule has 2 aromatic carbocycles. The number of hydrogen-bond donors (Lipinski definition) is 3. The van der Waals surface area contributed by atoms with E-state index in [0.717, 1.165) is 17.2 Å². The summed E-state index contributed by atoms with van der Waals surface area (Å²) in [4.78, 5) is 25.9. The molecule has 11 atom stereocenters. The van der Waals surface area contributed by atoms with E-state index in [0.29, 0.717) is 11.3 Å². The van der Waals surface area contributed by atoms with Crippen LogP contribution < -0.4 is 5.73 Å². The number of rotatable bonds is 5. The van der Waals surface area contributed by atoms with Gasteiger partial charge in [0.1, 0.15) is 12.8 Å². The van der Waals surface area contributed by atoms with Crippen LogP contribution in [0.15, 0.2) is 72.3 Å². The van der Waals surface area contributed by atoms with Crippen molar-refractivity contribution in [3.8, 4) is 0 Å². The smallest absolute Gasteiger partial charge is 0.193 e. The molecule has 0 aromatic heterocycles. The monoisotopic (exact) mass is 619 g/mol. The molecule has 7 unspecified atom stereocenters. The first kappa shape index (κ1) is 30.4. The standard InChI is InChI=1S/C36H39F2NO6/c1-19(22-5-4-6-23(39)13-22)20-7-9-21(10-8-20)32-44-31-16-25-26-15-28(37)27-14-24(41)11-12-33(27,2)35(26,38)29(42)17-34(25,3)36(31,45-32)30(43)18-40/h4-14,19,25-26,28-29,31-32,40,42H,15-18,39H2,1-3H3/t19?,25?,26?,28-,29?,31+,32?,33?,34?,35-,36+/m0/s1. The molecule has 4 fully saturated rings. The Morgan fingerprint density at radius 1 is 1.11 bits per heavy atom. The molecule has 0 bridgehead atoms. The molecular formula is C36H39F2NO6. The molecule has 4 aliphatic carbocycles. The van der Waals surface area contributed by atoms with Crippen LogP contribution in [0.25, 0.3) is 0 Å². The number of aliphatic hydroxyl groups is 2. The van der Waals surface area contributed by atoms with E-state index in [9.17, 15) is 19.8 Å². The van der Waals surface area contributed by atoms with E-state index in [4.69, 9.17) is 15.2 Å². The average Bonchev–Trinajstić information content (AvgIpc) is 3.52. The molecule has 2 aromatic rings. The Kier molecular flexibility index (Phi) is 6.85. The molecule has 0 amide bonds. The first-order valence-corrected chi connectivity index (χ1v) is 15.7. The van der Waals surface area contributed by atoms with Gasteiger partial charge in [0.25, 0.3) is 0 Å². The predicted molar refractivity (Wildman–Crippen MR) is 162 cm³/mol. The highest BCUT2D eigenvalue weighted by atomic mass is 19.1. The predicted octanol–water partition coefficient (Wildman–Crippen LogP) is 5.06. The summed E-state index contributed by atoms with van der Waals surface area (Å²) in [5, 5.41) is 21.9. The summed E-state index contributed by atoms with van der Waals surface area (Å²) in [6.07, 6.45) is -1.42. The number of Topliss-reactive ketones (excluding diaryl/α,β-unsaturated/α-hetero) is 1. The fraction of sp³-hybridized carbons (Fsp3) is 0.500. The molecule has 1 aliphatic heterocycles. The van der Waals surface area contributed by atoms with Crippen LogP contribution in [0, 0.1) is 22.7 Å². The van der Waals surface area contributed by atoms with E-state index in [1.807, 2.05) is 48.5 Å². The molecule has 5 aliphatic rings. The normalized spacial score (nSPS) is 42.3. The zero-order valence-corrected chi connectivity index (χ0v) is 25.6. The van der Waals surface area contributed by atoms with Gasteiger partial charge in [-0.3, -0.25) is 9.59 Å². The third-order valence-electron chi connectivity index (χ3n) is 12.0. The molecule has 1 heterocycles. The summed E-state index contributed by atoms with van der Waals surface area (Å²) >= 11 is 0. The van der Waals surface area contributed by atoms with Crippen molar-refractivity contribution in [1.82, 2.24) is 0 Å². The fourth-order valence-corrected chi connectivity index (χ4v) is 9.68. The van der Waals surface area contributed by atoms with Crippen molar-refractivity contribution in [2.45, 2.75) is 81.9 Å². The number of nitrogens with two attached hydrogens (primary N) is 1. The summed E-state index contributed by atoms with van der Waals surface area (Å²) in [6, 6.07) is 15.4. The van der Waals surface area contributed by atoms with Gasteiger partial charge in [-0.15, -0.1) is 0 Å². The molecule has 45 heavy (non-hydrogen) atoms. The minimum Gasteiger partial charge on any atom is -0.399 e. The molecule has 3 saturated carbocycles. The average molecular weight is 620 g/mol. The maximum atomic E-state index is 17.6. The quantitative estimate of drug-likeness (QED) is 0.400. The van der Waals surface area contributed by atoms with Gasteiger partial charge in [0.2, 0.25) is 0 Å². The Balaban J connectivity index is 1.22. The minimum atomic E-state index is -2.29. The Morgan fingerprint density at radius 2 is 1.84 bits per heavy atom. The van der Waals surface area contributed by atoms with E-state index < -0.39 is 76.8 Å². The van der Waals surface area contributed by atoms with Crippen molar-refractivity contribution in [3.63, 3.8) is 0 Å². The van der Waals surface area contributed by atoms with E-state index in [1.54, 1.807) is 6.92 Å². The Bertz CT molecular complexity index is 1630. The maximum Gasteiger partial charge on any atom is 0.193 e. The van der Waals surface area contributed by atoms with Crippen molar-refractivity contribution in [2.24, 2.45) is 22.7 Å². The summed E-state index contributed by atoms with van der Waals surface area (Å²) in [5.74, 6) is -2.54. The number of aliphatic hydroxyl groups excluding tert-OH is 2. The van der Waals surface area contributed by atoms with Crippen molar-refractivity contribution in [1.29, 1.82) is 0 Å². The number of allylic oxidation sites excluding steroid dienone is 4. The lowest BCUT2D eigenvalue weighted by Crippen LogP contribution is -2.70. The lowest BCUT2D eigenvalue weighted by molar-refractivity contribution is -0.235. The van der Waals surface area contributed by atoms with Gasteiger partial charge in [0.05, 0.1) is 12.2 Å². The molecule has 0 spiro atoms. The Morgan fingerprint density at radius 3 is 2.53 bits per heavy atom. The van der Waals surface area contributed by atoms with Gasteiger partial charge >= 0.3 is 0 Å². The molecule has 9 heteroatoms. The van der Waals surface area contributed by atoms with E-state index >= 15 is 8.78 Å². The van der Waals surface area contributed by atoms with Gasteiger partial charge in [-0.2, -0.15) is 0 Å². The summed E-state index contributed by atoms with van der Waals surface area (Å²) in [7, 11) is 0. The SMILES string of the molecule is CC(c1ccc(C2O[C@@H]3CC4C5C[C@H](F)C6=CC(=O)C=CC6(C)[C@@]5(F)C(O)CC4(C)[C@]3(C(=O)CO)O2)cc1)c1cccc(N)c1. The van der Waals surface area contributed by atoms with Crippen LogP contribution in [0.2, 0.25) is 0 Å². The number of ketones is 2. The number of nitrogen functional groups attached to an aromatic ring is 1. The Labute approximate surface area is 261 Å². The Hall–Kier alpha value is -3.24. The van der Waals surface area contributed by atoms with E-state index in [1.165, 1.54) is 19.1 Å². The number of hydrogen-bond acceptors (Lipinski definition) is 7. The minimum absolute atomic E-state index is 0.0387. The second-order valence-electron chi connectivity index (χ2n) is 14.0. The number of halogens is 2. The van der Waals surface area contributed by atoms with Gasteiger partial charge in [-0.25, -0.2) is 8.78 Å². The summed E-state index contributed by atoms with van der Waals surface area (Å²) in [5.41, 5.74) is 2.83. The summed E-state index contributed by atoms with van der Waals surface area (Å²) < 4.78 is 46.4. The summed E-state index contributed by atoms with van der Waals surface area (Å²) in [6.45, 7) is 4.57. The van der Waals surface area contributed by atoms with Crippen LogP contribution >= 0.6 is 0 Å². The van der Waals surface area contributed by atoms with Crippen LogP contribution in [0.1, 0.15) is 68.9 Å². The lowest BCUT2D eigenvalue weighted by atomic mass is 9.44. The lowest BCUT2D eigenvalue weighted by Gasteiger charge is -2.63. The third kappa shape index (κ3) is 3.93. The molecule has 4 N–H and O–H groups in total. The highest BCUT2D eigenvalue weighted by molar-refractivity contribution is 6.01. The van der Waals surface area contributed by atoms with E-state index in [-0.39, 0.29) is 30.8 Å². The second kappa shape index (κ2) is 10.1. The zero-order valence-electron chi connectivity index (χ0n) is 25.6. The molecule has 7 rings (SSSR count). The van der Waals surface area contributed by atoms with Crippen LogP contribution in [-0.4, -0.2) is 58.0 Å². The van der Waals surface area contributed by atoms with Crippen LogP contribution in [0.4, 0.5) is 14.5 Å². The third-order valence-corrected chi connectivity index (χ3v) is 12.0. The second-order valence-corrected chi connectivity index (χ2v) is 14.0. The van der Waals surface area contributed by atoms with Crippen molar-refractivity contribution >= 4 is 17.3 Å². The number of carbonyl (C=O) groups is 2. The van der Waals surface area contributed by atoms with Gasteiger partial charge < -0.3 is 25.4 Å². The van der Waals surface area contributed by atoms with Crippen molar-refractivity contribution in [2.75, 3.05) is 12.3 Å². The number of benzene rings is 2. The van der Waals surface area contributed by atoms with Crippen molar-refractivity contribution in [3.05, 3.63) is 89.0 Å². The van der Waals surface area contributed by atoms with Crippen molar-refractivity contribution < 1.29 is 38.1 Å². The first-order chi connectivity index (χ1) is 21.3. The first-order valence-electron chi connectivity index (χ1n) is 15.7. The molecule has 238 valence electrons. The van der Waals surface area contributed by atoms with Gasteiger partial charge in [-0.1, -0.05) is 56.3 Å². The highest BCUT2D eigenvalue weighted by Gasteiger charge is 2.80. The topological polar surface area (TPSA) is 119 Å². The van der Waals surface area contributed by atoms with Gasteiger partial charge in [0.15, 0.2) is 29.1 Å². The number of alkyl halides is 2. The number of fused-ring (bicyclic) bond motifs is 7. The molecule has 7 nitrogen and oxygen atoms in total. The molecule has 1 saturated heterocycles. The number of ether oxygens (including phenoxy) is 2. The van der Waals surface area contributed by atoms with Crippen LogP contribution in [-0.2, 0) is 19.1 Å². The van der Waals surface area contributed by atoms with Gasteiger partial charge in [0, 0.05) is 33.9 Å². The highest BCUT2D eigenvalue weighted by Crippen LogP contribution is 2.72. The number of anilines is 1. The zero-order chi connectivity index (χ0) is 32.1. The number of carbonyl (C=O) groups excluding carboxylic acids is 2. The maximum absolute atomic E-state index is 17.6. The molecule has 0 radical (unpaired) electrons. The van der Waals surface area contributed by atoms with Gasteiger partial charge in [-0.05, 0) is 73.1 Å². The van der Waals surface area contributed by atoms with Crippen LogP contribution in [0.5, 0.6) is 0 Å². The van der Waals surface area contributed by atoms with E-state index in [2.05, 4.69) is 6.92 Å². The molecular weight excluding hydrogens is 580 g/mol.